The van der Waals surface area contributed by atoms with Gasteiger partial charge in [0, 0.05) is 19.8 Å². The van der Waals surface area contributed by atoms with Gasteiger partial charge < -0.3 is 20.2 Å². The number of rotatable bonds is 6. The van der Waals surface area contributed by atoms with Crippen molar-refractivity contribution in [2.75, 3.05) is 13.7 Å². The van der Waals surface area contributed by atoms with Crippen molar-refractivity contribution in [2.45, 2.75) is 19.4 Å². The van der Waals surface area contributed by atoms with Crippen LogP contribution in [0, 0.1) is 10.1 Å². The van der Waals surface area contributed by atoms with Crippen molar-refractivity contribution in [1.29, 1.82) is 0 Å². The van der Waals surface area contributed by atoms with Crippen molar-refractivity contribution in [3.63, 3.8) is 0 Å². The van der Waals surface area contributed by atoms with E-state index in [1.54, 1.807) is 7.11 Å². The Balaban J connectivity index is 2.69. The molecule has 100 valence electrons. The molecule has 1 unspecified atom stereocenters. The van der Waals surface area contributed by atoms with Gasteiger partial charge in [0.15, 0.2) is 5.69 Å². The molecule has 0 fully saturated rings. The first-order valence-electron chi connectivity index (χ1n) is 5.44. The summed E-state index contributed by atoms with van der Waals surface area (Å²) in [4.78, 5) is 21.7. The molecule has 0 aromatic carbocycles. The predicted octanol–water partition coefficient (Wildman–Crippen LogP) is 0.483. The van der Waals surface area contributed by atoms with E-state index >= 15 is 0 Å². The largest absolute Gasteiger partial charge is 0.390 e. The third-order valence-corrected chi connectivity index (χ3v) is 2.42. The molecule has 1 atom stereocenters. The number of aromatic nitrogens is 2. The minimum Gasteiger partial charge on any atom is -0.385 e. The number of amides is 1. The number of nitrogens with zero attached hydrogens (tertiary/aromatic N) is 3. The summed E-state index contributed by atoms with van der Waals surface area (Å²) in [5.41, 5.74) is 0.158. The maximum absolute atomic E-state index is 11.8. The Morgan fingerprint density at radius 1 is 1.72 bits per heavy atom. The van der Waals surface area contributed by atoms with Crippen LogP contribution >= 0.6 is 0 Å². The minimum absolute atomic E-state index is 0.0774. The van der Waals surface area contributed by atoms with E-state index in [1.807, 2.05) is 6.92 Å². The molecule has 18 heavy (non-hydrogen) atoms. The third kappa shape index (κ3) is 3.52. The number of hydrogen-bond acceptors (Lipinski definition) is 5. The first-order chi connectivity index (χ1) is 8.45. The highest BCUT2D eigenvalue weighted by Gasteiger charge is 2.21. The molecule has 0 aliphatic rings. The SMILES string of the molecule is COCCC(C)NC(=O)c1cc([N+](=O)[O-])nn1C. The first-order valence-corrected chi connectivity index (χ1v) is 5.44. The Morgan fingerprint density at radius 3 is 2.89 bits per heavy atom. The fourth-order valence-electron chi connectivity index (χ4n) is 1.42. The number of ether oxygens (including phenoxy) is 1. The monoisotopic (exact) mass is 256 g/mol. The second kappa shape index (κ2) is 6.10. The number of aryl methyl sites for hydroxylation is 1. The van der Waals surface area contributed by atoms with Crippen molar-refractivity contribution in [3.05, 3.63) is 21.9 Å². The Morgan fingerprint density at radius 2 is 2.39 bits per heavy atom. The molecular weight excluding hydrogens is 240 g/mol. The van der Waals surface area contributed by atoms with E-state index in [4.69, 9.17) is 4.74 Å². The Hall–Kier alpha value is -1.96. The molecule has 0 bridgehead atoms. The molecule has 0 spiro atoms. The topological polar surface area (TPSA) is 99.3 Å². The molecule has 1 amide bonds. The zero-order valence-corrected chi connectivity index (χ0v) is 10.5. The highest BCUT2D eigenvalue weighted by Crippen LogP contribution is 2.10. The average Bonchev–Trinajstić information content (AvgIpc) is 2.68. The second-order valence-electron chi connectivity index (χ2n) is 3.92. The van der Waals surface area contributed by atoms with Gasteiger partial charge in [0.05, 0.1) is 18.2 Å². The van der Waals surface area contributed by atoms with E-state index in [0.29, 0.717) is 13.0 Å². The normalized spacial score (nSPS) is 12.2. The molecule has 1 N–H and O–H groups in total. The number of methoxy groups -OCH3 is 1. The maximum atomic E-state index is 11.8. The molecule has 0 radical (unpaired) electrons. The van der Waals surface area contributed by atoms with Gasteiger partial charge in [-0.1, -0.05) is 0 Å². The van der Waals surface area contributed by atoms with E-state index < -0.39 is 4.92 Å². The maximum Gasteiger partial charge on any atom is 0.390 e. The number of carbonyl (C=O) groups excluding carboxylic acids is 1. The van der Waals surface area contributed by atoms with Gasteiger partial charge >= 0.3 is 5.82 Å². The number of nitro groups is 1. The lowest BCUT2D eigenvalue weighted by Gasteiger charge is -2.12. The molecule has 0 saturated carbocycles. The summed E-state index contributed by atoms with van der Waals surface area (Å²) in [6.45, 7) is 2.37. The number of nitrogens with one attached hydrogen (secondary N) is 1. The van der Waals surface area contributed by atoms with Gasteiger partial charge in [-0.05, 0) is 18.3 Å². The zero-order valence-electron chi connectivity index (χ0n) is 10.5. The van der Waals surface area contributed by atoms with Gasteiger partial charge in [0.25, 0.3) is 5.91 Å². The van der Waals surface area contributed by atoms with Gasteiger partial charge in [-0.25, -0.2) is 0 Å². The van der Waals surface area contributed by atoms with Crippen LogP contribution in [-0.2, 0) is 11.8 Å². The summed E-state index contributed by atoms with van der Waals surface area (Å²) in [5.74, 6) is -0.728. The molecule has 8 nitrogen and oxygen atoms in total. The highest BCUT2D eigenvalue weighted by atomic mass is 16.6. The van der Waals surface area contributed by atoms with Gasteiger partial charge in [-0.3, -0.25) is 4.79 Å². The van der Waals surface area contributed by atoms with Gasteiger partial charge in [0.1, 0.15) is 0 Å². The molecule has 8 heteroatoms. The fraction of sp³-hybridized carbons (Fsp3) is 0.600. The van der Waals surface area contributed by atoms with E-state index in [2.05, 4.69) is 10.4 Å². The minimum atomic E-state index is -0.634. The van der Waals surface area contributed by atoms with Gasteiger partial charge in [-0.15, -0.1) is 0 Å². The number of carbonyl (C=O) groups is 1. The summed E-state index contributed by atoms with van der Waals surface area (Å²) < 4.78 is 6.09. The molecule has 0 aliphatic heterocycles. The molecule has 1 rings (SSSR count). The van der Waals surface area contributed by atoms with Crippen LogP contribution in [0.15, 0.2) is 6.07 Å². The summed E-state index contributed by atoms with van der Waals surface area (Å²) in [7, 11) is 3.07. The van der Waals surface area contributed by atoms with E-state index in [9.17, 15) is 14.9 Å². The molecule has 0 saturated heterocycles. The summed E-state index contributed by atoms with van der Waals surface area (Å²) in [5, 5.41) is 16.9. The van der Waals surface area contributed by atoms with Gasteiger partial charge in [-0.2, -0.15) is 4.68 Å². The predicted molar refractivity (Wildman–Crippen MR) is 63.3 cm³/mol. The molecular formula is C10H16N4O4. The Labute approximate surface area is 104 Å². The van der Waals surface area contributed by atoms with E-state index in [0.717, 1.165) is 6.07 Å². The van der Waals surface area contributed by atoms with Crippen LogP contribution in [0.1, 0.15) is 23.8 Å². The molecule has 0 aliphatic carbocycles. The summed E-state index contributed by atoms with van der Waals surface area (Å²) in [6, 6.07) is 1.07. The van der Waals surface area contributed by atoms with Crippen molar-refractivity contribution in [2.24, 2.45) is 7.05 Å². The van der Waals surface area contributed by atoms with Gasteiger partial charge in [0.2, 0.25) is 0 Å². The van der Waals surface area contributed by atoms with E-state index in [-0.39, 0.29) is 23.5 Å². The molecule has 1 aromatic rings. The standard InChI is InChI=1S/C10H16N4O4/c1-7(4-5-18-3)11-10(15)8-6-9(14(16)17)12-13(8)2/h6-7H,4-5H2,1-3H3,(H,11,15). The van der Waals surface area contributed by atoms with Crippen molar-refractivity contribution in [3.8, 4) is 0 Å². The Kier molecular flexibility index (Phi) is 4.78. The van der Waals surface area contributed by atoms with Crippen LogP contribution in [0.5, 0.6) is 0 Å². The third-order valence-electron chi connectivity index (χ3n) is 2.42. The lowest BCUT2D eigenvalue weighted by Crippen LogP contribution is -2.34. The fourth-order valence-corrected chi connectivity index (χ4v) is 1.42. The Bertz CT molecular complexity index is 443. The lowest BCUT2D eigenvalue weighted by atomic mass is 10.2. The van der Waals surface area contributed by atoms with Crippen LogP contribution in [0.25, 0.3) is 0 Å². The van der Waals surface area contributed by atoms with Crippen LogP contribution in [0.4, 0.5) is 5.82 Å². The quantitative estimate of drug-likeness (QED) is 0.589. The van der Waals surface area contributed by atoms with Crippen LogP contribution in [-0.4, -0.2) is 40.4 Å². The average molecular weight is 256 g/mol. The smallest absolute Gasteiger partial charge is 0.385 e. The second-order valence-corrected chi connectivity index (χ2v) is 3.92. The van der Waals surface area contributed by atoms with E-state index in [1.165, 1.54) is 11.7 Å². The zero-order chi connectivity index (χ0) is 13.7. The van der Waals surface area contributed by atoms with Crippen LogP contribution in [0.3, 0.4) is 0 Å². The molecule has 1 aromatic heterocycles. The van der Waals surface area contributed by atoms with Crippen molar-refractivity contribution < 1.29 is 14.5 Å². The van der Waals surface area contributed by atoms with Crippen LogP contribution < -0.4 is 5.32 Å². The summed E-state index contributed by atoms with van der Waals surface area (Å²) in [6.07, 6.45) is 0.669. The summed E-state index contributed by atoms with van der Waals surface area (Å²) >= 11 is 0. The number of hydrogen-bond donors (Lipinski definition) is 1. The highest BCUT2D eigenvalue weighted by molar-refractivity contribution is 5.93. The lowest BCUT2D eigenvalue weighted by molar-refractivity contribution is -0.389. The van der Waals surface area contributed by atoms with Crippen molar-refractivity contribution in [1.82, 2.24) is 15.1 Å². The first kappa shape index (κ1) is 14.1. The van der Waals surface area contributed by atoms with Crippen molar-refractivity contribution >= 4 is 11.7 Å². The van der Waals surface area contributed by atoms with Crippen LogP contribution in [0.2, 0.25) is 0 Å². The molecule has 1 heterocycles.